The van der Waals surface area contributed by atoms with Gasteiger partial charge in [-0.1, -0.05) is 19.0 Å². The number of nitrogens with one attached hydrogen (secondary N) is 1. The smallest absolute Gasteiger partial charge is 0.228 e. The van der Waals surface area contributed by atoms with Gasteiger partial charge in [0.15, 0.2) is 5.82 Å². The predicted molar refractivity (Wildman–Crippen MR) is 64.8 cm³/mol. The van der Waals surface area contributed by atoms with Crippen molar-refractivity contribution in [2.24, 2.45) is 5.92 Å². The summed E-state index contributed by atoms with van der Waals surface area (Å²) in [7, 11) is 0. The van der Waals surface area contributed by atoms with Crippen LogP contribution in [0.15, 0.2) is 4.52 Å². The van der Waals surface area contributed by atoms with Gasteiger partial charge in [-0.15, -0.1) is 0 Å². The second-order valence-electron chi connectivity index (χ2n) is 5.78. The van der Waals surface area contributed by atoms with Crippen molar-refractivity contribution in [3.8, 4) is 0 Å². The van der Waals surface area contributed by atoms with Gasteiger partial charge in [-0.2, -0.15) is 4.98 Å². The zero-order chi connectivity index (χ0) is 11.9. The summed E-state index contributed by atoms with van der Waals surface area (Å²) in [5.74, 6) is 2.55. The first-order valence-electron chi connectivity index (χ1n) is 6.78. The molecule has 2 saturated carbocycles. The highest BCUT2D eigenvalue weighted by Crippen LogP contribution is 2.46. The molecule has 1 aromatic heterocycles. The molecule has 94 valence electrons. The summed E-state index contributed by atoms with van der Waals surface area (Å²) >= 11 is 0. The standard InChI is InChI=1S/C13H21N3O/c1-3-14-10(9-4-5-9)8-11-15-12(16-17-11)13(2)6-7-13/h9-10,14H,3-8H2,1-2H3. The molecule has 1 N–H and O–H groups in total. The average molecular weight is 235 g/mol. The van der Waals surface area contributed by atoms with Crippen LogP contribution >= 0.6 is 0 Å². The van der Waals surface area contributed by atoms with E-state index in [4.69, 9.17) is 4.52 Å². The van der Waals surface area contributed by atoms with E-state index in [0.29, 0.717) is 6.04 Å². The molecule has 0 aliphatic heterocycles. The Morgan fingerprint density at radius 2 is 2.24 bits per heavy atom. The Kier molecular flexibility index (Phi) is 2.69. The van der Waals surface area contributed by atoms with E-state index in [-0.39, 0.29) is 5.41 Å². The Labute approximate surface area is 102 Å². The van der Waals surface area contributed by atoms with Gasteiger partial charge < -0.3 is 9.84 Å². The Balaban J connectivity index is 1.65. The van der Waals surface area contributed by atoms with E-state index in [2.05, 4.69) is 29.3 Å². The van der Waals surface area contributed by atoms with Crippen LogP contribution in [0, 0.1) is 5.92 Å². The number of likely N-dealkylation sites (N-methyl/N-ethyl adjacent to an activating group) is 1. The van der Waals surface area contributed by atoms with Crippen LogP contribution in [0.2, 0.25) is 0 Å². The van der Waals surface area contributed by atoms with Crippen molar-refractivity contribution >= 4 is 0 Å². The topological polar surface area (TPSA) is 51.0 Å². The zero-order valence-electron chi connectivity index (χ0n) is 10.7. The molecule has 1 heterocycles. The maximum absolute atomic E-state index is 5.38. The number of hydrogen-bond donors (Lipinski definition) is 1. The molecule has 3 rings (SSSR count). The minimum atomic E-state index is 0.217. The Morgan fingerprint density at radius 3 is 2.82 bits per heavy atom. The molecule has 2 aliphatic rings. The third-order valence-electron chi connectivity index (χ3n) is 4.06. The Morgan fingerprint density at radius 1 is 1.47 bits per heavy atom. The normalized spacial score (nSPS) is 23.6. The van der Waals surface area contributed by atoms with Crippen LogP contribution in [0.4, 0.5) is 0 Å². The highest BCUT2D eigenvalue weighted by atomic mass is 16.5. The summed E-state index contributed by atoms with van der Waals surface area (Å²) in [5, 5.41) is 7.66. The van der Waals surface area contributed by atoms with E-state index in [1.54, 1.807) is 0 Å². The maximum Gasteiger partial charge on any atom is 0.228 e. The largest absolute Gasteiger partial charge is 0.339 e. The lowest BCUT2D eigenvalue weighted by Crippen LogP contribution is -2.33. The molecule has 0 aromatic carbocycles. The molecular weight excluding hydrogens is 214 g/mol. The minimum absolute atomic E-state index is 0.217. The van der Waals surface area contributed by atoms with E-state index in [9.17, 15) is 0 Å². The molecule has 1 aromatic rings. The first-order chi connectivity index (χ1) is 8.21. The van der Waals surface area contributed by atoms with E-state index < -0.39 is 0 Å². The van der Waals surface area contributed by atoms with Crippen LogP contribution in [-0.4, -0.2) is 22.7 Å². The first-order valence-corrected chi connectivity index (χ1v) is 6.78. The summed E-state index contributed by atoms with van der Waals surface area (Å²) < 4.78 is 5.38. The van der Waals surface area contributed by atoms with Crippen LogP contribution in [-0.2, 0) is 11.8 Å². The van der Waals surface area contributed by atoms with Crippen LogP contribution in [0.5, 0.6) is 0 Å². The zero-order valence-corrected chi connectivity index (χ0v) is 10.7. The van der Waals surface area contributed by atoms with Crippen molar-refractivity contribution in [1.29, 1.82) is 0 Å². The second kappa shape index (κ2) is 4.09. The lowest BCUT2D eigenvalue weighted by Gasteiger charge is -2.14. The van der Waals surface area contributed by atoms with Gasteiger partial charge in [0.05, 0.1) is 0 Å². The fourth-order valence-electron chi connectivity index (χ4n) is 2.35. The van der Waals surface area contributed by atoms with E-state index in [1.165, 1.54) is 25.7 Å². The van der Waals surface area contributed by atoms with Gasteiger partial charge in [-0.05, 0) is 38.1 Å². The number of hydrogen-bond acceptors (Lipinski definition) is 4. The fourth-order valence-corrected chi connectivity index (χ4v) is 2.35. The third kappa shape index (κ3) is 2.37. The summed E-state index contributed by atoms with van der Waals surface area (Å²) in [4.78, 5) is 4.56. The van der Waals surface area contributed by atoms with E-state index in [1.807, 2.05) is 0 Å². The predicted octanol–water partition coefficient (Wildman–Crippen LogP) is 2.05. The molecule has 4 heteroatoms. The summed E-state index contributed by atoms with van der Waals surface area (Å²) in [5.41, 5.74) is 0.217. The molecule has 0 amide bonds. The van der Waals surface area contributed by atoms with Crippen molar-refractivity contribution in [3.05, 3.63) is 11.7 Å². The SMILES string of the molecule is CCNC(Cc1nc(C2(C)CC2)no1)C1CC1. The Bertz CT molecular complexity index is 393. The van der Waals surface area contributed by atoms with Gasteiger partial charge in [-0.25, -0.2) is 0 Å². The van der Waals surface area contributed by atoms with Gasteiger partial charge in [0.2, 0.25) is 5.89 Å². The molecule has 0 bridgehead atoms. The molecule has 2 fully saturated rings. The molecular formula is C13H21N3O. The van der Waals surface area contributed by atoms with Crippen molar-refractivity contribution in [2.75, 3.05) is 6.54 Å². The number of aromatic nitrogens is 2. The molecule has 17 heavy (non-hydrogen) atoms. The summed E-state index contributed by atoms with van der Waals surface area (Å²) in [6, 6.07) is 0.528. The molecule has 0 radical (unpaired) electrons. The first kappa shape index (κ1) is 11.2. The third-order valence-corrected chi connectivity index (χ3v) is 4.06. The number of nitrogens with zero attached hydrogens (tertiary/aromatic N) is 2. The van der Waals surface area contributed by atoms with Crippen LogP contribution in [0.25, 0.3) is 0 Å². The molecule has 4 nitrogen and oxygen atoms in total. The monoisotopic (exact) mass is 235 g/mol. The molecule has 1 atom stereocenters. The lowest BCUT2D eigenvalue weighted by atomic mass is 10.1. The molecule has 1 unspecified atom stereocenters. The summed E-state index contributed by atoms with van der Waals surface area (Å²) in [6.07, 6.45) is 5.98. The molecule has 2 aliphatic carbocycles. The quantitative estimate of drug-likeness (QED) is 0.820. The average Bonchev–Trinajstić information content (AvgIpc) is 3.22. The molecule has 0 saturated heterocycles. The highest BCUT2D eigenvalue weighted by Gasteiger charge is 2.43. The maximum atomic E-state index is 5.38. The highest BCUT2D eigenvalue weighted by molar-refractivity contribution is 5.14. The summed E-state index contributed by atoms with van der Waals surface area (Å²) in [6.45, 7) is 5.38. The van der Waals surface area contributed by atoms with Crippen molar-refractivity contribution < 1.29 is 4.52 Å². The van der Waals surface area contributed by atoms with Gasteiger partial charge in [0.25, 0.3) is 0 Å². The minimum Gasteiger partial charge on any atom is -0.339 e. The van der Waals surface area contributed by atoms with Crippen molar-refractivity contribution in [1.82, 2.24) is 15.5 Å². The Hall–Kier alpha value is -0.900. The van der Waals surface area contributed by atoms with Crippen LogP contribution < -0.4 is 5.32 Å². The second-order valence-corrected chi connectivity index (χ2v) is 5.78. The van der Waals surface area contributed by atoms with Crippen LogP contribution in [0.3, 0.4) is 0 Å². The van der Waals surface area contributed by atoms with Gasteiger partial charge in [-0.3, -0.25) is 0 Å². The van der Waals surface area contributed by atoms with Crippen LogP contribution in [0.1, 0.15) is 51.2 Å². The van der Waals surface area contributed by atoms with Crippen molar-refractivity contribution in [3.63, 3.8) is 0 Å². The fraction of sp³-hybridized carbons (Fsp3) is 0.846. The van der Waals surface area contributed by atoms with E-state index >= 15 is 0 Å². The van der Waals surface area contributed by atoms with Gasteiger partial charge in [0, 0.05) is 17.9 Å². The van der Waals surface area contributed by atoms with E-state index in [0.717, 1.165) is 30.6 Å². The van der Waals surface area contributed by atoms with Gasteiger partial charge in [0.1, 0.15) is 0 Å². The molecule has 0 spiro atoms. The van der Waals surface area contributed by atoms with Crippen molar-refractivity contribution in [2.45, 2.75) is 57.4 Å². The number of rotatable bonds is 6. The lowest BCUT2D eigenvalue weighted by molar-refractivity contribution is 0.342. The van der Waals surface area contributed by atoms with Gasteiger partial charge >= 0.3 is 0 Å².